The second-order valence-electron chi connectivity index (χ2n) is 7.16. The van der Waals surface area contributed by atoms with Gasteiger partial charge in [-0.25, -0.2) is 9.59 Å². The Morgan fingerprint density at radius 3 is 1.79 bits per heavy atom. The highest BCUT2D eigenvalue weighted by Crippen LogP contribution is 2.31. The van der Waals surface area contributed by atoms with Gasteiger partial charge in [-0.3, -0.25) is 4.79 Å². The van der Waals surface area contributed by atoms with Crippen molar-refractivity contribution >= 4 is 33.8 Å². The summed E-state index contributed by atoms with van der Waals surface area (Å²) in [5, 5.41) is 0.713. The third kappa shape index (κ3) is 6.11. The number of esters is 2. The van der Waals surface area contributed by atoms with Gasteiger partial charge in [-0.15, -0.1) is 0 Å². The zero-order chi connectivity index (χ0) is 24.2. The molecule has 1 heterocycles. The van der Waals surface area contributed by atoms with Gasteiger partial charge in [0.15, 0.2) is 17.2 Å². The summed E-state index contributed by atoms with van der Waals surface area (Å²) >= 11 is 3.14. The Balaban J connectivity index is 1.90. The number of carbonyl (C=O) groups excluding carboxylic acids is 3. The first-order valence-electron chi connectivity index (χ1n) is 9.77. The number of halogens is 4. The molecule has 1 N–H and O–H groups in total. The molecular weight excluding hydrogens is 511 g/mol. The molecule has 0 saturated carbocycles. The molecule has 0 aliphatic carbocycles. The van der Waals surface area contributed by atoms with Crippen LogP contribution in [0.1, 0.15) is 27.6 Å². The topological polar surface area (TPSA) is 90.9 Å². The number of ether oxygens (including phenoxy) is 3. The van der Waals surface area contributed by atoms with Gasteiger partial charge in [0, 0.05) is 0 Å². The van der Waals surface area contributed by atoms with Crippen molar-refractivity contribution in [2.24, 2.45) is 0 Å². The van der Waals surface area contributed by atoms with Crippen molar-refractivity contribution in [2.45, 2.75) is 42.5 Å². The predicted molar refractivity (Wildman–Crippen MR) is 113 cm³/mol. The number of carbonyl (C=O) groups is 3. The fourth-order valence-corrected chi connectivity index (χ4v) is 4.00. The first-order chi connectivity index (χ1) is 15.6. The second kappa shape index (κ2) is 10.3. The number of rotatable bonds is 5. The van der Waals surface area contributed by atoms with E-state index in [1.807, 2.05) is 0 Å². The van der Waals surface area contributed by atoms with Crippen LogP contribution in [0, 0.1) is 0 Å². The maximum atomic E-state index is 13.0. The van der Waals surface area contributed by atoms with E-state index in [4.69, 9.17) is 14.2 Å². The summed E-state index contributed by atoms with van der Waals surface area (Å²) in [5.74, 6) is -3.98. The molecule has 2 aromatic carbocycles. The van der Waals surface area contributed by atoms with E-state index in [1.54, 1.807) is 41.7 Å². The van der Waals surface area contributed by atoms with Gasteiger partial charge < -0.3 is 19.5 Å². The van der Waals surface area contributed by atoms with Gasteiger partial charge in [0.2, 0.25) is 0 Å². The summed E-state index contributed by atoms with van der Waals surface area (Å²) in [6, 6.07) is 13.9. The van der Waals surface area contributed by atoms with Gasteiger partial charge in [0.05, 0.1) is 17.2 Å². The maximum absolute atomic E-state index is 13.0. The van der Waals surface area contributed by atoms with Crippen LogP contribution >= 0.6 is 15.9 Å². The maximum Gasteiger partial charge on any atom is 0.471 e. The second-order valence-corrected chi connectivity index (χ2v) is 8.06. The molecule has 1 aliphatic rings. The summed E-state index contributed by atoms with van der Waals surface area (Å²) in [6.07, 6.45) is -9.02. The minimum absolute atomic E-state index is 0.134. The van der Waals surface area contributed by atoms with Gasteiger partial charge in [0.1, 0.15) is 6.04 Å². The number of benzene rings is 2. The van der Waals surface area contributed by atoms with Crippen molar-refractivity contribution in [1.82, 2.24) is 5.32 Å². The number of alkyl halides is 4. The molecule has 1 saturated heterocycles. The van der Waals surface area contributed by atoms with Crippen LogP contribution in [-0.4, -0.2) is 53.4 Å². The van der Waals surface area contributed by atoms with Crippen LogP contribution in [0.3, 0.4) is 0 Å². The molecule has 176 valence electrons. The average Bonchev–Trinajstić information content (AvgIpc) is 2.79. The summed E-state index contributed by atoms with van der Waals surface area (Å²) in [5.41, 5.74) is 0.277. The number of amides is 1. The van der Waals surface area contributed by atoms with Gasteiger partial charge in [-0.1, -0.05) is 52.3 Å². The lowest BCUT2D eigenvalue weighted by atomic mass is 9.97. The highest BCUT2D eigenvalue weighted by molar-refractivity contribution is 9.09. The Labute approximate surface area is 195 Å². The van der Waals surface area contributed by atoms with Crippen LogP contribution in [0.15, 0.2) is 60.7 Å². The van der Waals surface area contributed by atoms with Crippen molar-refractivity contribution in [1.29, 1.82) is 0 Å². The SMILES string of the molecule is C[C@H]1O[C@H](Br)[C@@H](OC(=O)c2ccccc2)[C@H](NC(=O)C(F)(F)F)[C@@H]1OC(=O)c1ccccc1. The minimum atomic E-state index is -5.22. The predicted octanol–water partition coefficient (Wildman–Crippen LogP) is 3.62. The monoisotopic (exact) mass is 529 g/mol. The van der Waals surface area contributed by atoms with Crippen LogP contribution in [0.25, 0.3) is 0 Å². The normalized spacial score (nSPS) is 25.1. The van der Waals surface area contributed by atoms with Crippen molar-refractivity contribution in [3.8, 4) is 0 Å². The fourth-order valence-electron chi connectivity index (χ4n) is 3.23. The van der Waals surface area contributed by atoms with E-state index < -0.39 is 53.4 Å². The third-order valence-electron chi connectivity index (χ3n) is 4.83. The number of nitrogens with one attached hydrogen (secondary N) is 1. The van der Waals surface area contributed by atoms with E-state index >= 15 is 0 Å². The lowest BCUT2D eigenvalue weighted by molar-refractivity contribution is -0.184. The van der Waals surface area contributed by atoms with E-state index in [-0.39, 0.29) is 11.1 Å². The average molecular weight is 530 g/mol. The Morgan fingerprint density at radius 1 is 0.879 bits per heavy atom. The van der Waals surface area contributed by atoms with E-state index in [0.29, 0.717) is 0 Å². The van der Waals surface area contributed by atoms with E-state index in [0.717, 1.165) is 0 Å². The standard InChI is InChI=1S/C22H19BrF3NO6/c1-12-16(32-19(28)13-8-4-2-5-9-13)15(27-21(30)22(24,25)26)17(18(23)31-12)33-20(29)14-10-6-3-7-11-14/h2-12,15-18H,1H3,(H,27,30)/t12-,15-,16-,17+,18+/m1/s1. The third-order valence-corrected chi connectivity index (χ3v) is 5.57. The van der Waals surface area contributed by atoms with Crippen molar-refractivity contribution in [2.75, 3.05) is 0 Å². The lowest BCUT2D eigenvalue weighted by Gasteiger charge is -2.43. The van der Waals surface area contributed by atoms with Crippen molar-refractivity contribution in [3.05, 3.63) is 71.8 Å². The quantitative estimate of drug-likeness (QED) is 0.469. The van der Waals surface area contributed by atoms with Crippen LogP contribution < -0.4 is 5.32 Å². The molecule has 0 spiro atoms. The van der Waals surface area contributed by atoms with Gasteiger partial charge in [0.25, 0.3) is 0 Å². The van der Waals surface area contributed by atoms with E-state index in [1.165, 1.54) is 31.2 Å². The molecular formula is C22H19BrF3NO6. The highest BCUT2D eigenvalue weighted by atomic mass is 79.9. The Hall–Kier alpha value is -2.92. The molecule has 0 radical (unpaired) electrons. The fraction of sp³-hybridized carbons (Fsp3) is 0.318. The molecule has 1 aliphatic heterocycles. The number of hydrogen-bond donors (Lipinski definition) is 1. The molecule has 1 fully saturated rings. The van der Waals surface area contributed by atoms with Crippen LogP contribution in [0.2, 0.25) is 0 Å². The molecule has 0 bridgehead atoms. The minimum Gasteiger partial charge on any atom is -0.454 e. The van der Waals surface area contributed by atoms with Crippen LogP contribution in [0.4, 0.5) is 13.2 Å². The molecule has 3 rings (SSSR count). The molecule has 11 heteroatoms. The van der Waals surface area contributed by atoms with Crippen molar-refractivity contribution < 1.29 is 41.8 Å². The van der Waals surface area contributed by atoms with Gasteiger partial charge >= 0.3 is 24.0 Å². The Kier molecular flexibility index (Phi) is 7.75. The first kappa shape index (κ1) is 24.7. The largest absolute Gasteiger partial charge is 0.471 e. The summed E-state index contributed by atoms with van der Waals surface area (Å²) < 4.78 is 55.5. The zero-order valence-corrected chi connectivity index (χ0v) is 18.7. The van der Waals surface area contributed by atoms with Crippen LogP contribution in [0.5, 0.6) is 0 Å². The van der Waals surface area contributed by atoms with Gasteiger partial charge in [-0.2, -0.15) is 13.2 Å². The lowest BCUT2D eigenvalue weighted by Crippen LogP contribution is -2.65. The summed E-state index contributed by atoms with van der Waals surface area (Å²) in [7, 11) is 0. The zero-order valence-electron chi connectivity index (χ0n) is 17.1. The van der Waals surface area contributed by atoms with E-state index in [9.17, 15) is 27.6 Å². The first-order valence-corrected chi connectivity index (χ1v) is 10.7. The molecule has 5 atom stereocenters. The smallest absolute Gasteiger partial charge is 0.454 e. The van der Waals surface area contributed by atoms with Crippen LogP contribution in [-0.2, 0) is 19.0 Å². The molecule has 0 unspecified atom stereocenters. The summed E-state index contributed by atoms with van der Waals surface area (Å²) in [6.45, 7) is 1.46. The summed E-state index contributed by atoms with van der Waals surface area (Å²) in [4.78, 5) is 36.9. The van der Waals surface area contributed by atoms with Crippen molar-refractivity contribution in [3.63, 3.8) is 0 Å². The van der Waals surface area contributed by atoms with Gasteiger partial charge in [-0.05, 0) is 31.2 Å². The molecule has 1 amide bonds. The molecule has 7 nitrogen and oxygen atoms in total. The Morgan fingerprint density at radius 2 is 1.33 bits per heavy atom. The Bertz CT molecular complexity index is 923. The molecule has 33 heavy (non-hydrogen) atoms. The molecule has 0 aromatic heterocycles. The number of hydrogen-bond acceptors (Lipinski definition) is 6. The molecule has 2 aromatic rings. The van der Waals surface area contributed by atoms with E-state index in [2.05, 4.69) is 15.9 Å². The highest BCUT2D eigenvalue weighted by Gasteiger charge is 2.51.